The third kappa shape index (κ3) is 61.6. The Morgan fingerprint density at radius 3 is 0.840 bits per heavy atom. The Balaban J connectivity index is 4.25. The lowest BCUT2D eigenvalue weighted by molar-refractivity contribution is -0.167. The van der Waals surface area contributed by atoms with E-state index in [1.54, 1.807) is 0 Å². The Bertz CT molecular complexity index is 1390. The highest BCUT2D eigenvalue weighted by atomic mass is 16.6. The largest absolute Gasteiger partial charge is 0.462 e. The lowest BCUT2D eigenvalue weighted by Gasteiger charge is -2.18. The molecule has 434 valence electrons. The predicted molar refractivity (Wildman–Crippen MR) is 325 cm³/mol. The third-order valence-corrected chi connectivity index (χ3v) is 14.2. The van der Waals surface area contributed by atoms with Gasteiger partial charge in [0.15, 0.2) is 6.10 Å². The van der Waals surface area contributed by atoms with Crippen LogP contribution in [0.25, 0.3) is 0 Å². The number of rotatable bonds is 59. The van der Waals surface area contributed by atoms with E-state index in [0.29, 0.717) is 19.3 Å². The molecule has 0 saturated carbocycles. The Labute approximate surface area is 465 Å². The van der Waals surface area contributed by atoms with Crippen LogP contribution in [0.5, 0.6) is 0 Å². The zero-order valence-electron chi connectivity index (χ0n) is 49.8. The number of hydrogen-bond acceptors (Lipinski definition) is 6. The second kappa shape index (κ2) is 63.4. The summed E-state index contributed by atoms with van der Waals surface area (Å²) in [5.41, 5.74) is 0. The molecule has 6 nitrogen and oxygen atoms in total. The molecule has 0 fully saturated rings. The maximum Gasteiger partial charge on any atom is 0.306 e. The van der Waals surface area contributed by atoms with Crippen LogP contribution < -0.4 is 0 Å². The molecule has 0 rings (SSSR count). The summed E-state index contributed by atoms with van der Waals surface area (Å²) in [5, 5.41) is 0. The molecule has 0 spiro atoms. The summed E-state index contributed by atoms with van der Waals surface area (Å²) in [5.74, 6) is -0.904. The van der Waals surface area contributed by atoms with Gasteiger partial charge in [-0.1, -0.05) is 293 Å². The number of carbonyl (C=O) groups is 3. The van der Waals surface area contributed by atoms with Crippen molar-refractivity contribution in [3.05, 3.63) is 72.9 Å². The molecular formula is C69H122O6. The fraction of sp³-hybridized carbons (Fsp3) is 0.783. The fourth-order valence-corrected chi connectivity index (χ4v) is 9.35. The van der Waals surface area contributed by atoms with E-state index >= 15 is 0 Å². The molecule has 75 heavy (non-hydrogen) atoms. The minimum Gasteiger partial charge on any atom is -0.462 e. The van der Waals surface area contributed by atoms with Crippen molar-refractivity contribution in [2.24, 2.45) is 0 Å². The first-order valence-electron chi connectivity index (χ1n) is 32.4. The quantitative estimate of drug-likeness (QED) is 0.0261. The number of esters is 3. The van der Waals surface area contributed by atoms with Gasteiger partial charge in [0.2, 0.25) is 0 Å². The van der Waals surface area contributed by atoms with Crippen LogP contribution in [-0.4, -0.2) is 37.2 Å². The molecular weight excluding hydrogens is 925 g/mol. The van der Waals surface area contributed by atoms with E-state index in [9.17, 15) is 14.4 Å². The van der Waals surface area contributed by atoms with Gasteiger partial charge in [-0.05, 0) is 89.9 Å². The topological polar surface area (TPSA) is 78.9 Å². The molecule has 0 amide bonds. The first-order valence-corrected chi connectivity index (χ1v) is 32.4. The van der Waals surface area contributed by atoms with E-state index in [0.717, 1.165) is 96.3 Å². The lowest BCUT2D eigenvalue weighted by atomic mass is 10.0. The van der Waals surface area contributed by atoms with Gasteiger partial charge in [-0.15, -0.1) is 0 Å². The number of carbonyl (C=O) groups excluding carboxylic acids is 3. The van der Waals surface area contributed by atoms with Crippen LogP contribution >= 0.6 is 0 Å². The van der Waals surface area contributed by atoms with Crippen LogP contribution in [0.1, 0.15) is 329 Å². The summed E-state index contributed by atoms with van der Waals surface area (Å²) >= 11 is 0. The van der Waals surface area contributed by atoms with Gasteiger partial charge in [-0.25, -0.2) is 0 Å². The van der Waals surface area contributed by atoms with Crippen LogP contribution in [0.2, 0.25) is 0 Å². The van der Waals surface area contributed by atoms with Crippen molar-refractivity contribution >= 4 is 17.9 Å². The molecule has 0 aliphatic heterocycles. The molecule has 0 radical (unpaired) electrons. The molecule has 0 aliphatic carbocycles. The number of hydrogen-bond donors (Lipinski definition) is 0. The van der Waals surface area contributed by atoms with E-state index < -0.39 is 6.10 Å². The zero-order valence-corrected chi connectivity index (χ0v) is 49.8. The van der Waals surface area contributed by atoms with Gasteiger partial charge in [-0.3, -0.25) is 14.4 Å². The van der Waals surface area contributed by atoms with E-state index in [2.05, 4.69) is 93.7 Å². The van der Waals surface area contributed by atoms with Gasteiger partial charge in [0.25, 0.3) is 0 Å². The van der Waals surface area contributed by atoms with Crippen LogP contribution in [0.15, 0.2) is 72.9 Å². The van der Waals surface area contributed by atoms with Crippen LogP contribution in [0.3, 0.4) is 0 Å². The van der Waals surface area contributed by atoms with E-state index in [1.807, 2.05) is 0 Å². The highest BCUT2D eigenvalue weighted by Crippen LogP contribution is 2.17. The van der Waals surface area contributed by atoms with Crippen LogP contribution in [0, 0.1) is 0 Å². The van der Waals surface area contributed by atoms with E-state index in [-0.39, 0.29) is 31.1 Å². The summed E-state index contributed by atoms with van der Waals surface area (Å²) < 4.78 is 16.9. The summed E-state index contributed by atoms with van der Waals surface area (Å²) in [6.45, 7) is 6.53. The molecule has 0 bridgehead atoms. The standard InChI is InChI=1S/C69H122O6/c1-4-7-10-13-16-19-22-24-26-28-30-31-32-33-34-35-36-37-39-40-42-44-47-50-53-56-59-62-68(71)74-65-66(64-73-67(70)61-58-55-52-49-46-21-18-15-12-9-6-3)75-69(72)63-60-57-54-51-48-45-43-41-38-29-27-25-23-20-17-14-11-8-5-2/h8,11,17,20,25,27-28,30,38,41,45,48,66H,4-7,9-10,12-16,18-19,21-24,26,29,31-37,39-40,42-44,46-47,49-65H2,1-3H3/b11-8-,20-17-,27-25-,30-28-,41-38-,48-45-. The smallest absolute Gasteiger partial charge is 0.306 e. The van der Waals surface area contributed by atoms with Crippen LogP contribution in [0.4, 0.5) is 0 Å². The SMILES string of the molecule is CC/C=C\C/C=C\C/C=C\C/C=C\C/C=C\CCCCCC(=O)OC(COC(=O)CCCCCCCCCCCCC)COC(=O)CCCCCCCCCCCCCCCCC/C=C\CCCCCCCCCC. The summed E-state index contributed by atoms with van der Waals surface area (Å²) in [4.78, 5) is 38.2. The zero-order chi connectivity index (χ0) is 54.3. The highest BCUT2D eigenvalue weighted by Gasteiger charge is 2.19. The van der Waals surface area contributed by atoms with Crippen molar-refractivity contribution in [1.82, 2.24) is 0 Å². The molecule has 6 heteroatoms. The van der Waals surface area contributed by atoms with Gasteiger partial charge < -0.3 is 14.2 Å². The lowest BCUT2D eigenvalue weighted by Crippen LogP contribution is -2.30. The summed E-state index contributed by atoms with van der Waals surface area (Å²) in [6.07, 6.45) is 82.1. The second-order valence-electron chi connectivity index (χ2n) is 21.6. The van der Waals surface area contributed by atoms with Gasteiger partial charge in [-0.2, -0.15) is 0 Å². The Morgan fingerprint density at radius 1 is 0.280 bits per heavy atom. The first kappa shape index (κ1) is 71.8. The molecule has 0 aromatic rings. The number of unbranched alkanes of at least 4 members (excludes halogenated alkanes) is 36. The highest BCUT2D eigenvalue weighted by molar-refractivity contribution is 5.71. The molecule has 0 aliphatic rings. The Kier molecular flexibility index (Phi) is 60.7. The van der Waals surface area contributed by atoms with Gasteiger partial charge in [0, 0.05) is 19.3 Å². The van der Waals surface area contributed by atoms with Gasteiger partial charge in [0.1, 0.15) is 13.2 Å². The van der Waals surface area contributed by atoms with Crippen LogP contribution in [-0.2, 0) is 28.6 Å². The molecule has 0 N–H and O–H groups in total. The second-order valence-corrected chi connectivity index (χ2v) is 21.6. The Morgan fingerprint density at radius 2 is 0.520 bits per heavy atom. The van der Waals surface area contributed by atoms with Gasteiger partial charge in [0.05, 0.1) is 0 Å². The average molecular weight is 1050 g/mol. The fourth-order valence-electron chi connectivity index (χ4n) is 9.35. The molecule has 0 saturated heterocycles. The van der Waals surface area contributed by atoms with Crippen molar-refractivity contribution in [2.75, 3.05) is 13.2 Å². The molecule has 1 atom stereocenters. The van der Waals surface area contributed by atoms with Crippen molar-refractivity contribution < 1.29 is 28.6 Å². The Hall–Kier alpha value is -3.15. The first-order chi connectivity index (χ1) is 37.0. The maximum atomic E-state index is 12.9. The normalized spacial score (nSPS) is 12.5. The number of allylic oxidation sites excluding steroid dienone is 12. The molecule has 0 aromatic heterocycles. The summed E-state index contributed by atoms with van der Waals surface area (Å²) in [7, 11) is 0. The predicted octanol–water partition coefficient (Wildman–Crippen LogP) is 22.1. The average Bonchev–Trinajstić information content (AvgIpc) is 3.41. The van der Waals surface area contributed by atoms with E-state index in [4.69, 9.17) is 14.2 Å². The van der Waals surface area contributed by atoms with E-state index in [1.165, 1.54) is 193 Å². The maximum absolute atomic E-state index is 12.9. The van der Waals surface area contributed by atoms with Crippen molar-refractivity contribution in [3.63, 3.8) is 0 Å². The van der Waals surface area contributed by atoms with Crippen molar-refractivity contribution in [1.29, 1.82) is 0 Å². The van der Waals surface area contributed by atoms with Gasteiger partial charge >= 0.3 is 17.9 Å². The molecule has 1 unspecified atom stereocenters. The van der Waals surface area contributed by atoms with Crippen molar-refractivity contribution in [3.8, 4) is 0 Å². The van der Waals surface area contributed by atoms with Crippen molar-refractivity contribution in [2.45, 2.75) is 335 Å². The molecule has 0 heterocycles. The third-order valence-electron chi connectivity index (χ3n) is 14.2. The number of ether oxygens (including phenoxy) is 3. The molecule has 0 aromatic carbocycles. The monoisotopic (exact) mass is 1050 g/mol. The minimum absolute atomic E-state index is 0.0856. The summed E-state index contributed by atoms with van der Waals surface area (Å²) in [6, 6.07) is 0. The minimum atomic E-state index is -0.791.